The van der Waals surface area contributed by atoms with Gasteiger partial charge in [0.1, 0.15) is 0 Å². The summed E-state index contributed by atoms with van der Waals surface area (Å²) in [4.78, 5) is 38.5. The van der Waals surface area contributed by atoms with Gasteiger partial charge in [0, 0.05) is 11.8 Å². The number of imidazole rings is 1. The van der Waals surface area contributed by atoms with Crippen molar-refractivity contribution < 1.29 is 32.5 Å². The summed E-state index contributed by atoms with van der Waals surface area (Å²) in [6.07, 6.45) is 1.58. The van der Waals surface area contributed by atoms with Gasteiger partial charge >= 0.3 is 11.9 Å². The molecule has 188 valence electrons. The molecular weight excluding hydrogens is 480 g/mol. The Balaban J connectivity index is 2.12. The summed E-state index contributed by atoms with van der Waals surface area (Å²) in [5.41, 5.74) is -1.30. The third-order valence-electron chi connectivity index (χ3n) is 4.95. The lowest BCUT2D eigenvalue weighted by atomic mass is 10.1. The number of hydrogen-bond donors (Lipinski definition) is 4. The number of benzene rings is 1. The molecule has 2 heterocycles. The summed E-state index contributed by atoms with van der Waals surface area (Å²) in [6.45, 7) is 4.48. The van der Waals surface area contributed by atoms with E-state index in [-0.39, 0.29) is 23.2 Å². The number of carboxylic acids is 1. The van der Waals surface area contributed by atoms with Crippen molar-refractivity contribution >= 4 is 27.8 Å². The maximum atomic E-state index is 13.3. The van der Waals surface area contributed by atoms with Gasteiger partial charge < -0.3 is 19.9 Å². The number of carbonyl (C=O) groups excluding carboxylic acids is 1. The zero-order valence-electron chi connectivity index (χ0n) is 19.3. The van der Waals surface area contributed by atoms with Crippen LogP contribution in [0.3, 0.4) is 0 Å². The Morgan fingerprint density at radius 3 is 2.49 bits per heavy atom. The van der Waals surface area contributed by atoms with Crippen LogP contribution in [-0.2, 0) is 19.7 Å². The summed E-state index contributed by atoms with van der Waals surface area (Å²) in [6, 6.07) is 8.35. The van der Waals surface area contributed by atoms with Crippen LogP contribution in [-0.4, -0.2) is 64.4 Å². The molecule has 0 spiro atoms. The fourth-order valence-corrected chi connectivity index (χ4v) is 4.35. The van der Waals surface area contributed by atoms with Gasteiger partial charge in [-0.05, 0) is 32.4 Å². The highest BCUT2D eigenvalue weighted by Gasteiger charge is 2.52. The Morgan fingerprint density at radius 1 is 1.23 bits per heavy atom. The second-order valence-electron chi connectivity index (χ2n) is 7.54. The van der Waals surface area contributed by atoms with Crippen LogP contribution >= 0.6 is 0 Å². The van der Waals surface area contributed by atoms with E-state index in [0.29, 0.717) is 17.2 Å². The first-order valence-electron chi connectivity index (χ1n) is 10.6. The largest absolute Gasteiger partial charge is 0.478 e. The van der Waals surface area contributed by atoms with Gasteiger partial charge in [0.15, 0.2) is 0 Å². The number of aromatic amines is 1. The number of hydroxylamine groups is 2. The van der Waals surface area contributed by atoms with Gasteiger partial charge in [-0.25, -0.2) is 18.2 Å². The Morgan fingerprint density at radius 2 is 1.94 bits per heavy atom. The number of nitrogens with one attached hydrogen (secondary N) is 3. The number of hydrogen-bond acceptors (Lipinski definition) is 9. The second kappa shape index (κ2) is 10.7. The van der Waals surface area contributed by atoms with Crippen LogP contribution in [0.2, 0.25) is 0 Å². The number of H-pyrrole nitrogens is 1. The molecule has 3 rings (SSSR count). The zero-order chi connectivity index (χ0) is 25.6. The topological polar surface area (TPSA) is 180 Å². The molecule has 13 nitrogen and oxygen atoms in total. The highest BCUT2D eigenvalue weighted by Crippen LogP contribution is 2.23. The lowest BCUT2D eigenvalue weighted by molar-refractivity contribution is -0.203. The number of rotatable bonds is 12. The number of carboxylic acid groups (broad SMARTS) is 1. The Hall–Kier alpha value is -3.75. The molecule has 0 saturated heterocycles. The molecule has 0 bridgehead atoms. The number of aryl methyl sites for hydroxylation is 2. The molecule has 2 aromatic heterocycles. The number of aliphatic carboxylic acids is 1. The molecule has 0 radical (unpaired) electrons. The van der Waals surface area contributed by atoms with Crippen molar-refractivity contribution in [2.75, 3.05) is 18.5 Å². The Labute approximate surface area is 201 Å². The number of amides is 1. The first kappa shape index (κ1) is 25.9. The molecule has 14 heteroatoms. The van der Waals surface area contributed by atoms with E-state index < -0.39 is 34.1 Å². The molecule has 1 atom stereocenters. The monoisotopic (exact) mass is 506 g/mol. The van der Waals surface area contributed by atoms with E-state index in [4.69, 9.17) is 9.36 Å². The molecule has 4 N–H and O–H groups in total. The molecule has 1 amide bonds. The van der Waals surface area contributed by atoms with Gasteiger partial charge in [0.05, 0.1) is 29.9 Å². The minimum Gasteiger partial charge on any atom is -0.478 e. The van der Waals surface area contributed by atoms with Gasteiger partial charge in [-0.3, -0.25) is 9.63 Å². The molecule has 0 aliphatic heterocycles. The van der Waals surface area contributed by atoms with Crippen molar-refractivity contribution in [2.45, 2.75) is 37.8 Å². The lowest BCUT2D eigenvalue weighted by Crippen LogP contribution is -2.70. The van der Waals surface area contributed by atoms with Crippen LogP contribution in [0.25, 0.3) is 0 Å². The van der Waals surface area contributed by atoms with E-state index in [2.05, 4.69) is 25.2 Å². The number of carbonyl (C=O) groups is 2. The molecule has 1 aromatic carbocycles. The van der Waals surface area contributed by atoms with Crippen molar-refractivity contribution in [2.24, 2.45) is 0 Å². The fourth-order valence-electron chi connectivity index (χ4n) is 3.03. The molecule has 0 fully saturated rings. The number of anilines is 1. The summed E-state index contributed by atoms with van der Waals surface area (Å²) in [7, 11) is -4.46. The molecule has 0 aliphatic carbocycles. The minimum absolute atomic E-state index is 0.0963. The quantitative estimate of drug-likeness (QED) is 0.208. The van der Waals surface area contributed by atoms with Crippen LogP contribution in [0.4, 0.5) is 5.95 Å². The van der Waals surface area contributed by atoms with E-state index in [9.17, 15) is 23.1 Å². The van der Waals surface area contributed by atoms with E-state index in [1.165, 1.54) is 36.5 Å². The van der Waals surface area contributed by atoms with Crippen LogP contribution in [0, 0.1) is 13.8 Å². The van der Waals surface area contributed by atoms with Crippen molar-refractivity contribution in [1.29, 1.82) is 0 Å². The van der Waals surface area contributed by atoms with Crippen molar-refractivity contribution in [1.82, 2.24) is 24.9 Å². The fraction of sp³-hybridized carbons (Fsp3) is 0.333. The highest BCUT2D eigenvalue weighted by atomic mass is 32.2. The van der Waals surface area contributed by atoms with Crippen LogP contribution < -0.4 is 10.0 Å². The van der Waals surface area contributed by atoms with E-state index >= 15 is 0 Å². The SMILES string of the molecule is CCCON(C(=O)c1ccno1)C(CNc1nc(C)c(C)[nH]1)(NS(=O)(=O)c1ccccc1)C(=O)O. The zero-order valence-corrected chi connectivity index (χ0v) is 20.1. The number of nitrogens with zero attached hydrogens (tertiary/aromatic N) is 3. The first-order chi connectivity index (χ1) is 16.6. The normalized spacial score (nSPS) is 13.2. The van der Waals surface area contributed by atoms with Gasteiger partial charge in [0.2, 0.25) is 27.4 Å². The Kier molecular flexibility index (Phi) is 7.89. The van der Waals surface area contributed by atoms with E-state index in [1.54, 1.807) is 26.8 Å². The number of sulfonamides is 1. The van der Waals surface area contributed by atoms with Crippen LogP contribution in [0.5, 0.6) is 0 Å². The van der Waals surface area contributed by atoms with Gasteiger partial charge in [-0.1, -0.05) is 30.3 Å². The van der Waals surface area contributed by atoms with E-state index in [0.717, 1.165) is 5.69 Å². The number of aromatic nitrogens is 3. The predicted molar refractivity (Wildman–Crippen MR) is 123 cm³/mol. The summed E-state index contributed by atoms with van der Waals surface area (Å²) < 4.78 is 33.6. The molecule has 0 saturated carbocycles. The van der Waals surface area contributed by atoms with Gasteiger partial charge in [0.25, 0.3) is 0 Å². The molecule has 1 unspecified atom stereocenters. The maximum Gasteiger partial charge on any atom is 0.350 e. The third-order valence-corrected chi connectivity index (χ3v) is 6.45. The summed E-state index contributed by atoms with van der Waals surface area (Å²) in [5.74, 6) is -2.95. The standard InChI is InChI=1S/C21H26N6O7S/c1-4-12-33-27(18(28)17-10-11-23-34-17)21(19(29)30,13-22-20-24-14(2)15(3)25-20)26-35(31,32)16-8-6-5-7-9-16/h5-11,26H,4,12-13H2,1-3H3,(H,29,30)(H2,22,24,25). The molecule has 35 heavy (non-hydrogen) atoms. The van der Waals surface area contributed by atoms with Crippen LogP contribution in [0.1, 0.15) is 35.3 Å². The molecule has 3 aromatic rings. The van der Waals surface area contributed by atoms with Crippen molar-refractivity contribution in [3.8, 4) is 0 Å². The first-order valence-corrected chi connectivity index (χ1v) is 12.1. The average molecular weight is 507 g/mol. The molecular formula is C21H26N6O7S. The van der Waals surface area contributed by atoms with Gasteiger partial charge in [-0.15, -0.1) is 0 Å². The molecule has 0 aliphatic rings. The van der Waals surface area contributed by atoms with Crippen LogP contribution in [0.15, 0.2) is 52.0 Å². The minimum atomic E-state index is -4.46. The Bertz CT molecular complexity index is 1240. The van der Waals surface area contributed by atoms with Gasteiger partial charge in [-0.2, -0.15) is 9.79 Å². The summed E-state index contributed by atoms with van der Waals surface area (Å²) >= 11 is 0. The van der Waals surface area contributed by atoms with Crippen molar-refractivity contribution in [3.63, 3.8) is 0 Å². The third kappa shape index (κ3) is 5.67. The smallest absolute Gasteiger partial charge is 0.350 e. The second-order valence-corrected chi connectivity index (χ2v) is 9.23. The lowest BCUT2D eigenvalue weighted by Gasteiger charge is -2.38. The maximum absolute atomic E-state index is 13.3. The summed E-state index contributed by atoms with van der Waals surface area (Å²) in [5, 5.41) is 17.0. The van der Waals surface area contributed by atoms with E-state index in [1.807, 2.05) is 0 Å². The predicted octanol–water partition coefficient (Wildman–Crippen LogP) is 1.67. The highest BCUT2D eigenvalue weighted by molar-refractivity contribution is 7.89. The van der Waals surface area contributed by atoms with Crippen molar-refractivity contribution in [3.05, 3.63) is 59.7 Å². The average Bonchev–Trinajstić information content (AvgIpc) is 3.47.